The lowest BCUT2D eigenvalue weighted by molar-refractivity contribution is -0.146. The summed E-state index contributed by atoms with van der Waals surface area (Å²) in [6.07, 6.45) is 2.15. The summed E-state index contributed by atoms with van der Waals surface area (Å²) in [5.74, 6) is -11.4. The monoisotopic (exact) mass is 1130 g/mol. The minimum Gasteiger partial charge on any atom is -0.481 e. The molecule has 0 radical (unpaired) electrons. The quantitative estimate of drug-likeness (QED) is 0.0413. The van der Waals surface area contributed by atoms with Gasteiger partial charge in [-0.05, 0) is 97.8 Å². The molecule has 4 saturated heterocycles. The van der Waals surface area contributed by atoms with Crippen molar-refractivity contribution in [2.24, 2.45) is 17.6 Å². The van der Waals surface area contributed by atoms with Gasteiger partial charge in [-0.3, -0.25) is 62.3 Å². The molecule has 4 rings (SSSR count). The van der Waals surface area contributed by atoms with Crippen LogP contribution in [0.3, 0.4) is 0 Å². The molecule has 0 unspecified atom stereocenters. The number of hydrogen-bond donors (Lipinski definition) is 11. The highest BCUT2D eigenvalue weighted by atomic mass is 16.4. The van der Waals surface area contributed by atoms with E-state index in [-0.39, 0.29) is 45.4 Å². The fourth-order valence-corrected chi connectivity index (χ4v) is 10.1. The summed E-state index contributed by atoms with van der Waals surface area (Å²) in [6, 6.07) is -13.5. The first-order valence-electron chi connectivity index (χ1n) is 27.3. The number of nitrogens with two attached hydrogens (primary N) is 1. The van der Waals surface area contributed by atoms with Crippen LogP contribution in [-0.2, 0) is 67.1 Å². The lowest BCUT2D eigenvalue weighted by Crippen LogP contribution is -2.59. The molecule has 12 N–H and O–H groups in total. The third kappa shape index (κ3) is 17.0. The maximum atomic E-state index is 13.8. The number of aliphatic carboxylic acids is 2. The molecule has 0 bridgehead atoms. The Balaban J connectivity index is 1.23. The summed E-state index contributed by atoms with van der Waals surface area (Å²) in [4.78, 5) is 188. The highest BCUT2D eigenvalue weighted by Gasteiger charge is 2.43. The largest absolute Gasteiger partial charge is 0.481 e. The predicted octanol–water partition coefficient (Wildman–Crippen LogP) is -4.24. The number of likely N-dealkylation sites (tertiary alicyclic amines) is 4. The van der Waals surface area contributed by atoms with Gasteiger partial charge in [-0.15, -0.1) is 0 Å². The lowest BCUT2D eigenvalue weighted by atomic mass is 10.0. The van der Waals surface area contributed by atoms with Crippen molar-refractivity contribution in [3.8, 4) is 0 Å². The van der Waals surface area contributed by atoms with Gasteiger partial charge in [0.15, 0.2) is 0 Å². The number of carbonyl (C=O) groups is 14. The SMILES string of the molecule is CC(C)[C@H](NC(=O)[C@@H]1CCCN1C(=O)[C@@H](NC(=O)[C@H](C)NC(=O)[C@@H]1CCCN1C(=O)CNC(=O)[C@H](C)NC(=O)[C@@H]1CCCN1C(=O)[C@H](C)NC(=O)[C@H](C)NC(=O)[C@@H]1CCCN1C(=O)[C@H](C)NC(=O)[C@@H](N)CC(=O)O)C(C)C)C(=O)O. The Labute approximate surface area is 464 Å². The summed E-state index contributed by atoms with van der Waals surface area (Å²) in [6.45, 7) is 13.8. The average Bonchev–Trinajstić information content (AvgIpc) is 4.25. The van der Waals surface area contributed by atoms with Crippen molar-refractivity contribution in [3.63, 3.8) is 0 Å². The molecular weight excluding hydrogens is 1050 g/mol. The Bertz CT molecular complexity index is 2390. The van der Waals surface area contributed by atoms with Crippen LogP contribution in [0, 0.1) is 11.8 Å². The molecule has 4 aliphatic heterocycles. The topological polar surface area (TPSA) is 415 Å². The molecule has 0 saturated carbocycles. The summed E-state index contributed by atoms with van der Waals surface area (Å²) in [7, 11) is 0. The number of nitrogens with one attached hydrogen (secondary N) is 8. The maximum absolute atomic E-state index is 13.8. The van der Waals surface area contributed by atoms with Gasteiger partial charge < -0.3 is 78.1 Å². The molecule has 12 amide bonds. The third-order valence-corrected chi connectivity index (χ3v) is 14.7. The Kier molecular flexibility index (Phi) is 23.7. The number of nitrogens with zero attached hydrogens (tertiary/aromatic N) is 4. The molecule has 446 valence electrons. The number of carbonyl (C=O) groups excluding carboxylic acids is 12. The van der Waals surface area contributed by atoms with Gasteiger partial charge in [0.05, 0.1) is 19.0 Å². The second-order valence-electron chi connectivity index (χ2n) is 21.7. The molecule has 0 spiro atoms. The van der Waals surface area contributed by atoms with Gasteiger partial charge in [-0.1, -0.05) is 27.7 Å². The van der Waals surface area contributed by atoms with Gasteiger partial charge in [0.1, 0.15) is 66.5 Å². The van der Waals surface area contributed by atoms with E-state index in [1.165, 1.54) is 54.2 Å². The van der Waals surface area contributed by atoms with E-state index < -0.39 is 180 Å². The first kappa shape index (κ1) is 65.1. The van der Waals surface area contributed by atoms with E-state index in [1.807, 2.05) is 0 Å². The second kappa shape index (κ2) is 29.1. The van der Waals surface area contributed by atoms with Crippen LogP contribution in [0.5, 0.6) is 0 Å². The summed E-state index contributed by atoms with van der Waals surface area (Å²) in [5.41, 5.74) is 5.59. The van der Waals surface area contributed by atoms with Crippen molar-refractivity contribution < 1.29 is 77.3 Å². The zero-order valence-corrected chi connectivity index (χ0v) is 47.0. The van der Waals surface area contributed by atoms with E-state index in [0.717, 1.165) is 0 Å². The number of rotatable bonds is 25. The fourth-order valence-electron chi connectivity index (χ4n) is 10.1. The molecule has 80 heavy (non-hydrogen) atoms. The number of carboxylic acid groups (broad SMARTS) is 2. The van der Waals surface area contributed by atoms with Gasteiger partial charge in [0.2, 0.25) is 70.9 Å². The molecular formula is C51H81N13O16. The molecule has 12 atom stereocenters. The van der Waals surface area contributed by atoms with E-state index >= 15 is 0 Å². The van der Waals surface area contributed by atoms with Crippen LogP contribution in [-0.4, -0.2) is 218 Å². The Morgan fingerprint density at radius 1 is 0.425 bits per heavy atom. The van der Waals surface area contributed by atoms with E-state index in [0.29, 0.717) is 32.1 Å². The van der Waals surface area contributed by atoms with Crippen LogP contribution in [0.4, 0.5) is 0 Å². The minimum atomic E-state index is -1.40. The normalized spacial score (nSPS) is 21.9. The van der Waals surface area contributed by atoms with Gasteiger partial charge in [-0.25, -0.2) is 4.79 Å². The van der Waals surface area contributed by atoms with Crippen molar-refractivity contribution in [2.75, 3.05) is 32.7 Å². The third-order valence-electron chi connectivity index (χ3n) is 14.7. The van der Waals surface area contributed by atoms with Crippen LogP contribution in [0.15, 0.2) is 0 Å². The summed E-state index contributed by atoms with van der Waals surface area (Å²) < 4.78 is 0. The van der Waals surface area contributed by atoms with Crippen molar-refractivity contribution in [3.05, 3.63) is 0 Å². The van der Waals surface area contributed by atoms with Crippen LogP contribution in [0.25, 0.3) is 0 Å². The second-order valence-corrected chi connectivity index (χ2v) is 21.7. The van der Waals surface area contributed by atoms with Crippen molar-refractivity contribution in [2.45, 2.75) is 193 Å². The fraction of sp³-hybridized carbons (Fsp3) is 0.725. The molecule has 4 fully saturated rings. The van der Waals surface area contributed by atoms with Crippen LogP contribution >= 0.6 is 0 Å². The van der Waals surface area contributed by atoms with Crippen LogP contribution in [0.1, 0.15) is 120 Å². The lowest BCUT2D eigenvalue weighted by Gasteiger charge is -2.32. The number of carboxylic acids is 2. The van der Waals surface area contributed by atoms with Gasteiger partial charge in [0, 0.05) is 26.2 Å². The molecule has 4 aliphatic rings. The Morgan fingerprint density at radius 2 is 0.775 bits per heavy atom. The summed E-state index contributed by atoms with van der Waals surface area (Å²) in [5, 5.41) is 38.8. The first-order valence-corrected chi connectivity index (χ1v) is 27.3. The number of amides is 12. The summed E-state index contributed by atoms with van der Waals surface area (Å²) >= 11 is 0. The Morgan fingerprint density at radius 3 is 1.18 bits per heavy atom. The standard InChI is InChI=1S/C51H81N13O16/c1-24(2)38(50(78)64-21-13-17-35(64)47(75)60-39(25(3)4)51(79)80)59-42(70)28(7)56-44(72)32-14-10-18-61(32)36(65)23-53-40(68)26(5)54-45(73)33-15-11-19-62(33)48(76)29(8)57-41(69)27(6)55-46(74)34-16-12-20-63(34)49(77)30(9)58-43(71)31(52)22-37(66)67/h24-35,38-39H,10-23,52H2,1-9H3,(H,53,68)(H,54,73)(H,55,74)(H,56,72)(H,57,69)(H,58,71)(H,59,70)(H,60,75)(H,66,67)(H,79,80)/t26-,27-,28-,29-,30-,31-,32-,33-,34-,35-,38-,39-/m0/s1. The number of hydrogen-bond acceptors (Lipinski definition) is 15. The molecule has 0 aromatic carbocycles. The average molecular weight is 1130 g/mol. The van der Waals surface area contributed by atoms with Crippen molar-refractivity contribution >= 4 is 82.8 Å². The van der Waals surface area contributed by atoms with Gasteiger partial charge in [0.25, 0.3) is 0 Å². The zero-order chi connectivity index (χ0) is 60.0. The van der Waals surface area contributed by atoms with Crippen molar-refractivity contribution in [1.82, 2.24) is 62.1 Å². The molecule has 29 nitrogen and oxygen atoms in total. The predicted molar refractivity (Wildman–Crippen MR) is 281 cm³/mol. The minimum absolute atomic E-state index is 0.152. The molecule has 0 aromatic heterocycles. The molecule has 0 aliphatic carbocycles. The van der Waals surface area contributed by atoms with Crippen molar-refractivity contribution in [1.29, 1.82) is 0 Å². The van der Waals surface area contributed by atoms with Gasteiger partial charge in [-0.2, -0.15) is 0 Å². The highest BCUT2D eigenvalue weighted by Crippen LogP contribution is 2.24. The highest BCUT2D eigenvalue weighted by molar-refractivity contribution is 5.99. The van der Waals surface area contributed by atoms with E-state index in [1.54, 1.807) is 27.7 Å². The first-order chi connectivity index (χ1) is 37.5. The van der Waals surface area contributed by atoms with E-state index in [4.69, 9.17) is 10.8 Å². The van der Waals surface area contributed by atoms with Crippen LogP contribution in [0.2, 0.25) is 0 Å². The molecule has 29 heteroatoms. The Hall–Kier alpha value is -7.46. The van der Waals surface area contributed by atoms with Crippen LogP contribution < -0.4 is 48.3 Å². The smallest absolute Gasteiger partial charge is 0.326 e. The maximum Gasteiger partial charge on any atom is 0.326 e. The van der Waals surface area contributed by atoms with Gasteiger partial charge >= 0.3 is 11.9 Å². The zero-order valence-electron chi connectivity index (χ0n) is 47.0. The van der Waals surface area contributed by atoms with E-state index in [2.05, 4.69) is 42.5 Å². The molecule has 0 aromatic rings. The van der Waals surface area contributed by atoms with E-state index in [9.17, 15) is 72.2 Å². The molecule has 4 heterocycles.